The van der Waals surface area contributed by atoms with E-state index in [0.717, 1.165) is 13.1 Å². The van der Waals surface area contributed by atoms with Gasteiger partial charge in [0, 0.05) is 20.2 Å². The average Bonchev–Trinajstić information content (AvgIpc) is 2.30. The molecule has 1 heterocycles. The number of sulfonamides is 1. The molecular weight excluding hydrogens is 228 g/mol. The molecule has 1 aliphatic rings. The first-order valence-electron chi connectivity index (χ1n) is 5.82. The molecule has 0 aromatic rings. The number of nitrogens with one attached hydrogen (secondary N) is 1. The van der Waals surface area contributed by atoms with Gasteiger partial charge in [0.2, 0.25) is 10.0 Å². The fourth-order valence-electron chi connectivity index (χ4n) is 1.81. The SMILES string of the molecule is CCOCCN(C)S(=O)(=O)C1CCNCC1. The lowest BCUT2D eigenvalue weighted by molar-refractivity contribution is 0.138. The third-order valence-electron chi connectivity index (χ3n) is 2.90. The fraction of sp³-hybridized carbons (Fsp3) is 1.00. The second kappa shape index (κ2) is 6.54. The van der Waals surface area contributed by atoms with E-state index in [9.17, 15) is 8.42 Å². The van der Waals surface area contributed by atoms with Crippen LogP contribution in [0.2, 0.25) is 0 Å². The summed E-state index contributed by atoms with van der Waals surface area (Å²) in [5.74, 6) is 0. The Morgan fingerprint density at radius 3 is 2.56 bits per heavy atom. The Balaban J connectivity index is 2.47. The van der Waals surface area contributed by atoms with Crippen molar-refractivity contribution in [1.82, 2.24) is 9.62 Å². The maximum Gasteiger partial charge on any atom is 0.216 e. The summed E-state index contributed by atoms with van der Waals surface area (Å²) >= 11 is 0. The van der Waals surface area contributed by atoms with Gasteiger partial charge in [-0.25, -0.2) is 12.7 Å². The summed E-state index contributed by atoms with van der Waals surface area (Å²) in [7, 11) is -1.49. The Morgan fingerprint density at radius 1 is 1.38 bits per heavy atom. The molecule has 1 N–H and O–H groups in total. The van der Waals surface area contributed by atoms with Crippen LogP contribution in [0, 0.1) is 0 Å². The number of nitrogens with zero attached hydrogens (tertiary/aromatic N) is 1. The van der Waals surface area contributed by atoms with Crippen LogP contribution < -0.4 is 5.32 Å². The van der Waals surface area contributed by atoms with Gasteiger partial charge in [-0.1, -0.05) is 0 Å². The minimum Gasteiger partial charge on any atom is -0.380 e. The van der Waals surface area contributed by atoms with Crippen molar-refractivity contribution in [3.63, 3.8) is 0 Å². The van der Waals surface area contributed by atoms with Gasteiger partial charge < -0.3 is 10.1 Å². The van der Waals surface area contributed by atoms with E-state index in [2.05, 4.69) is 5.32 Å². The molecule has 16 heavy (non-hydrogen) atoms. The van der Waals surface area contributed by atoms with Crippen LogP contribution in [0.3, 0.4) is 0 Å². The number of hydrogen-bond donors (Lipinski definition) is 1. The van der Waals surface area contributed by atoms with E-state index in [4.69, 9.17) is 4.74 Å². The molecule has 0 aromatic carbocycles. The zero-order valence-corrected chi connectivity index (χ0v) is 10.9. The van der Waals surface area contributed by atoms with Crippen molar-refractivity contribution in [3.8, 4) is 0 Å². The van der Waals surface area contributed by atoms with E-state index >= 15 is 0 Å². The van der Waals surface area contributed by atoms with Crippen LogP contribution in [0.15, 0.2) is 0 Å². The molecule has 6 heteroatoms. The molecule has 0 spiro atoms. The second-order valence-corrected chi connectivity index (χ2v) is 6.33. The first-order chi connectivity index (χ1) is 7.59. The first-order valence-corrected chi connectivity index (χ1v) is 7.33. The quantitative estimate of drug-likeness (QED) is 0.676. The van der Waals surface area contributed by atoms with Gasteiger partial charge in [0.15, 0.2) is 0 Å². The van der Waals surface area contributed by atoms with Crippen molar-refractivity contribution < 1.29 is 13.2 Å². The standard InChI is InChI=1S/C10H22N2O3S/c1-3-15-9-8-12(2)16(13,14)10-4-6-11-7-5-10/h10-11H,3-9H2,1-2H3. The molecule has 1 rings (SSSR count). The number of rotatable bonds is 6. The minimum atomic E-state index is -3.13. The van der Waals surface area contributed by atoms with Gasteiger partial charge in [0.05, 0.1) is 11.9 Å². The number of hydrogen-bond acceptors (Lipinski definition) is 4. The highest BCUT2D eigenvalue weighted by atomic mass is 32.2. The molecule has 0 radical (unpaired) electrons. The van der Waals surface area contributed by atoms with Gasteiger partial charge in [-0.15, -0.1) is 0 Å². The zero-order chi connectivity index (χ0) is 12.0. The first kappa shape index (κ1) is 13.9. The fourth-order valence-corrected chi connectivity index (χ4v) is 3.48. The Hall–Kier alpha value is -0.170. The third-order valence-corrected chi connectivity index (χ3v) is 5.26. The molecule has 0 unspecified atom stereocenters. The Kier molecular flexibility index (Phi) is 5.68. The maximum absolute atomic E-state index is 12.1. The van der Waals surface area contributed by atoms with Gasteiger partial charge in [0.25, 0.3) is 0 Å². The van der Waals surface area contributed by atoms with Crippen molar-refractivity contribution in [2.75, 3.05) is 39.9 Å². The van der Waals surface area contributed by atoms with E-state index in [-0.39, 0.29) is 5.25 Å². The van der Waals surface area contributed by atoms with Crippen LogP contribution in [0.5, 0.6) is 0 Å². The van der Waals surface area contributed by atoms with Crippen LogP contribution in [-0.2, 0) is 14.8 Å². The smallest absolute Gasteiger partial charge is 0.216 e. The van der Waals surface area contributed by atoms with Gasteiger partial charge in [-0.05, 0) is 32.9 Å². The van der Waals surface area contributed by atoms with Crippen LogP contribution in [0.4, 0.5) is 0 Å². The predicted molar refractivity (Wildman–Crippen MR) is 63.9 cm³/mol. The lowest BCUT2D eigenvalue weighted by Gasteiger charge is -2.27. The number of ether oxygens (including phenoxy) is 1. The maximum atomic E-state index is 12.1. The summed E-state index contributed by atoms with van der Waals surface area (Å²) in [6.07, 6.45) is 1.42. The largest absolute Gasteiger partial charge is 0.380 e. The van der Waals surface area contributed by atoms with E-state index in [1.807, 2.05) is 6.92 Å². The normalized spacial score (nSPS) is 19.2. The molecule has 0 amide bonds. The van der Waals surface area contributed by atoms with Gasteiger partial charge >= 0.3 is 0 Å². The van der Waals surface area contributed by atoms with Gasteiger partial charge in [-0.3, -0.25) is 0 Å². The van der Waals surface area contributed by atoms with E-state index < -0.39 is 10.0 Å². The Labute approximate surface area is 98.2 Å². The van der Waals surface area contributed by atoms with E-state index in [1.54, 1.807) is 7.05 Å². The highest BCUT2D eigenvalue weighted by molar-refractivity contribution is 7.89. The Morgan fingerprint density at radius 2 is 2.00 bits per heavy atom. The molecule has 0 aliphatic carbocycles. The second-order valence-electron chi connectivity index (χ2n) is 4.01. The molecule has 1 saturated heterocycles. The highest BCUT2D eigenvalue weighted by Gasteiger charge is 2.30. The molecule has 0 bridgehead atoms. The summed E-state index contributed by atoms with van der Waals surface area (Å²) in [6.45, 7) is 5.03. The van der Waals surface area contributed by atoms with Crippen molar-refractivity contribution in [2.24, 2.45) is 0 Å². The van der Waals surface area contributed by atoms with Crippen molar-refractivity contribution in [2.45, 2.75) is 25.0 Å². The monoisotopic (exact) mass is 250 g/mol. The lowest BCUT2D eigenvalue weighted by atomic mass is 10.2. The highest BCUT2D eigenvalue weighted by Crippen LogP contribution is 2.16. The van der Waals surface area contributed by atoms with Crippen LogP contribution in [0.25, 0.3) is 0 Å². The number of likely N-dealkylation sites (N-methyl/N-ethyl adjacent to an activating group) is 1. The summed E-state index contributed by atoms with van der Waals surface area (Å²) in [6, 6.07) is 0. The number of piperidine rings is 1. The molecule has 0 saturated carbocycles. The summed E-state index contributed by atoms with van der Waals surface area (Å²) in [4.78, 5) is 0. The molecule has 96 valence electrons. The van der Waals surface area contributed by atoms with Gasteiger partial charge in [0.1, 0.15) is 0 Å². The Bertz CT molecular complexity index is 286. The molecule has 5 nitrogen and oxygen atoms in total. The van der Waals surface area contributed by atoms with E-state index in [1.165, 1.54) is 4.31 Å². The van der Waals surface area contributed by atoms with Crippen LogP contribution in [-0.4, -0.2) is 57.9 Å². The van der Waals surface area contributed by atoms with Gasteiger partial charge in [-0.2, -0.15) is 0 Å². The average molecular weight is 250 g/mol. The van der Waals surface area contributed by atoms with Crippen molar-refractivity contribution in [1.29, 1.82) is 0 Å². The molecule has 1 fully saturated rings. The third kappa shape index (κ3) is 3.69. The van der Waals surface area contributed by atoms with E-state index in [0.29, 0.717) is 32.6 Å². The topological polar surface area (TPSA) is 58.6 Å². The molecule has 1 aliphatic heterocycles. The van der Waals surface area contributed by atoms with Crippen molar-refractivity contribution in [3.05, 3.63) is 0 Å². The summed E-state index contributed by atoms with van der Waals surface area (Å²) < 4.78 is 30.8. The summed E-state index contributed by atoms with van der Waals surface area (Å²) in [5, 5.41) is 2.95. The van der Waals surface area contributed by atoms with Crippen LogP contribution >= 0.6 is 0 Å². The molecule has 0 aromatic heterocycles. The predicted octanol–water partition coefficient (Wildman–Crippen LogP) is 0.0365. The molecular formula is C10H22N2O3S. The lowest BCUT2D eigenvalue weighted by Crippen LogP contribution is -2.43. The zero-order valence-electron chi connectivity index (χ0n) is 10.1. The summed E-state index contributed by atoms with van der Waals surface area (Å²) in [5.41, 5.74) is 0. The molecule has 0 atom stereocenters. The minimum absolute atomic E-state index is 0.222. The van der Waals surface area contributed by atoms with Crippen LogP contribution in [0.1, 0.15) is 19.8 Å². The van der Waals surface area contributed by atoms with Crippen molar-refractivity contribution >= 4 is 10.0 Å².